The first kappa shape index (κ1) is 21.7. The summed E-state index contributed by atoms with van der Waals surface area (Å²) >= 11 is 12.0. The van der Waals surface area contributed by atoms with Gasteiger partial charge in [0.15, 0.2) is 6.61 Å². The largest absolute Gasteiger partial charge is 0.484 e. The standard InChI is InChI=1S/C20H19Cl2F3N2O2/c21-17-5-4-14(10-18(17)22)12-26-6-8-27(9-7-26)19(28)15-2-1-3-16(11-15)29-13-20(23,24)25/h1-5,10-11H,6-9,12-13H2. The number of ether oxygens (including phenoxy) is 1. The fourth-order valence-electron chi connectivity index (χ4n) is 3.07. The molecule has 0 aliphatic carbocycles. The SMILES string of the molecule is O=C(c1cccc(OCC(F)(F)F)c1)N1CCN(Cc2ccc(Cl)c(Cl)c2)CC1. The van der Waals surface area contributed by atoms with Gasteiger partial charge in [-0.3, -0.25) is 9.69 Å². The van der Waals surface area contributed by atoms with Crippen molar-refractivity contribution in [3.8, 4) is 5.75 Å². The van der Waals surface area contributed by atoms with Gasteiger partial charge in [0.05, 0.1) is 10.0 Å². The van der Waals surface area contributed by atoms with Crippen LogP contribution in [0.15, 0.2) is 42.5 Å². The molecule has 1 aliphatic heterocycles. The van der Waals surface area contributed by atoms with Crippen molar-refractivity contribution >= 4 is 29.1 Å². The van der Waals surface area contributed by atoms with Crippen molar-refractivity contribution in [2.75, 3.05) is 32.8 Å². The normalized spacial score (nSPS) is 15.4. The summed E-state index contributed by atoms with van der Waals surface area (Å²) < 4.78 is 41.6. The zero-order chi connectivity index (χ0) is 21.0. The molecular formula is C20H19Cl2F3N2O2. The van der Waals surface area contributed by atoms with Crippen molar-refractivity contribution in [1.82, 2.24) is 9.80 Å². The maximum Gasteiger partial charge on any atom is 0.422 e. The van der Waals surface area contributed by atoms with Gasteiger partial charge >= 0.3 is 6.18 Å². The molecule has 0 aromatic heterocycles. The summed E-state index contributed by atoms with van der Waals surface area (Å²) in [4.78, 5) is 16.6. The molecule has 0 atom stereocenters. The summed E-state index contributed by atoms with van der Waals surface area (Å²) in [6, 6.07) is 11.3. The quantitative estimate of drug-likeness (QED) is 0.655. The van der Waals surface area contributed by atoms with Crippen LogP contribution in [-0.4, -0.2) is 54.7 Å². The average Bonchev–Trinajstić information content (AvgIpc) is 2.69. The predicted molar refractivity (Wildman–Crippen MR) is 106 cm³/mol. The van der Waals surface area contributed by atoms with Gasteiger partial charge in [-0.2, -0.15) is 13.2 Å². The molecule has 1 saturated heterocycles. The average molecular weight is 447 g/mol. The van der Waals surface area contributed by atoms with Crippen LogP contribution in [0.2, 0.25) is 10.0 Å². The second-order valence-corrected chi connectivity index (χ2v) is 7.56. The van der Waals surface area contributed by atoms with Crippen molar-refractivity contribution in [3.63, 3.8) is 0 Å². The fourth-order valence-corrected chi connectivity index (χ4v) is 3.39. The van der Waals surface area contributed by atoms with E-state index in [2.05, 4.69) is 4.90 Å². The third-order valence-corrected chi connectivity index (χ3v) is 5.27. The maximum absolute atomic E-state index is 12.7. The van der Waals surface area contributed by atoms with E-state index in [1.54, 1.807) is 17.0 Å². The summed E-state index contributed by atoms with van der Waals surface area (Å²) in [5.74, 6) is -0.205. The molecule has 29 heavy (non-hydrogen) atoms. The first-order chi connectivity index (χ1) is 13.7. The highest BCUT2D eigenvalue weighted by molar-refractivity contribution is 6.42. The number of carbonyl (C=O) groups excluding carboxylic acids is 1. The smallest absolute Gasteiger partial charge is 0.422 e. The Morgan fingerprint density at radius 3 is 2.38 bits per heavy atom. The van der Waals surface area contributed by atoms with Crippen LogP contribution in [0.3, 0.4) is 0 Å². The fraction of sp³-hybridized carbons (Fsp3) is 0.350. The summed E-state index contributed by atoms with van der Waals surface area (Å²) in [6.45, 7) is 1.70. The van der Waals surface area contributed by atoms with Gasteiger partial charge in [-0.05, 0) is 35.9 Å². The van der Waals surface area contributed by atoms with E-state index in [4.69, 9.17) is 27.9 Å². The second kappa shape index (κ2) is 9.24. The Labute approximate surface area is 176 Å². The number of piperazine rings is 1. The first-order valence-corrected chi connectivity index (χ1v) is 9.72. The lowest BCUT2D eigenvalue weighted by Gasteiger charge is -2.35. The molecule has 0 N–H and O–H groups in total. The molecule has 1 fully saturated rings. The number of halogens is 5. The van der Waals surface area contributed by atoms with Crippen molar-refractivity contribution in [2.45, 2.75) is 12.7 Å². The Morgan fingerprint density at radius 2 is 1.72 bits per heavy atom. The van der Waals surface area contributed by atoms with E-state index in [1.807, 2.05) is 12.1 Å². The number of carbonyl (C=O) groups is 1. The van der Waals surface area contributed by atoms with Crippen molar-refractivity contribution in [3.05, 3.63) is 63.6 Å². The second-order valence-electron chi connectivity index (χ2n) is 6.75. The third-order valence-electron chi connectivity index (χ3n) is 4.53. The highest BCUT2D eigenvalue weighted by Gasteiger charge is 2.28. The van der Waals surface area contributed by atoms with Crippen LogP contribution in [0, 0.1) is 0 Å². The number of benzene rings is 2. The van der Waals surface area contributed by atoms with Crippen LogP contribution in [0.25, 0.3) is 0 Å². The Kier molecular flexibility index (Phi) is 6.93. The van der Waals surface area contributed by atoms with E-state index < -0.39 is 12.8 Å². The maximum atomic E-state index is 12.7. The van der Waals surface area contributed by atoms with Crippen molar-refractivity contribution in [2.24, 2.45) is 0 Å². The third kappa shape index (κ3) is 6.26. The zero-order valence-corrected chi connectivity index (χ0v) is 16.9. The number of rotatable bonds is 5. The van der Waals surface area contributed by atoms with E-state index in [9.17, 15) is 18.0 Å². The van der Waals surface area contributed by atoms with Gasteiger partial charge in [0.25, 0.3) is 5.91 Å². The van der Waals surface area contributed by atoms with E-state index in [0.717, 1.165) is 5.56 Å². The molecule has 1 heterocycles. The van der Waals surface area contributed by atoms with Gasteiger partial charge in [-0.25, -0.2) is 0 Å². The van der Waals surface area contributed by atoms with E-state index in [1.165, 1.54) is 18.2 Å². The molecule has 1 amide bonds. The number of alkyl halides is 3. The Bertz CT molecular complexity index is 869. The molecular weight excluding hydrogens is 428 g/mol. The molecule has 156 valence electrons. The molecule has 4 nitrogen and oxygen atoms in total. The van der Waals surface area contributed by atoms with Gasteiger partial charge in [-0.15, -0.1) is 0 Å². The molecule has 3 rings (SSSR count). The summed E-state index contributed by atoms with van der Waals surface area (Å²) in [6.07, 6.45) is -4.43. The first-order valence-electron chi connectivity index (χ1n) is 8.96. The van der Waals surface area contributed by atoms with Gasteiger partial charge in [0, 0.05) is 38.3 Å². The zero-order valence-electron chi connectivity index (χ0n) is 15.4. The molecule has 0 spiro atoms. The monoisotopic (exact) mass is 446 g/mol. The van der Waals surface area contributed by atoms with Crippen LogP contribution < -0.4 is 4.74 Å². The molecule has 1 aliphatic rings. The molecule has 0 radical (unpaired) electrons. The summed E-state index contributed by atoms with van der Waals surface area (Å²) in [5.41, 5.74) is 1.34. The highest BCUT2D eigenvalue weighted by atomic mass is 35.5. The van der Waals surface area contributed by atoms with Gasteiger partial charge in [0.1, 0.15) is 5.75 Å². The van der Waals surface area contributed by atoms with E-state index in [-0.39, 0.29) is 11.7 Å². The Hall–Kier alpha value is -1.96. The molecule has 0 unspecified atom stereocenters. The van der Waals surface area contributed by atoms with Crippen LogP contribution in [0.5, 0.6) is 5.75 Å². The van der Waals surface area contributed by atoms with Crippen LogP contribution >= 0.6 is 23.2 Å². The van der Waals surface area contributed by atoms with Gasteiger partial charge in [-0.1, -0.05) is 35.3 Å². The number of hydrogen-bond donors (Lipinski definition) is 0. The lowest BCUT2D eigenvalue weighted by Crippen LogP contribution is -2.48. The number of hydrogen-bond acceptors (Lipinski definition) is 3. The summed E-state index contributed by atoms with van der Waals surface area (Å²) in [5, 5.41) is 1.01. The molecule has 0 bridgehead atoms. The highest BCUT2D eigenvalue weighted by Crippen LogP contribution is 2.24. The minimum Gasteiger partial charge on any atom is -0.484 e. The molecule has 9 heteroatoms. The Morgan fingerprint density at radius 1 is 1.00 bits per heavy atom. The van der Waals surface area contributed by atoms with Crippen LogP contribution in [0.1, 0.15) is 15.9 Å². The van der Waals surface area contributed by atoms with Gasteiger partial charge in [0.2, 0.25) is 0 Å². The minimum absolute atomic E-state index is 0.0198. The predicted octanol–water partition coefficient (Wildman–Crippen LogP) is 4.89. The topological polar surface area (TPSA) is 32.8 Å². The van der Waals surface area contributed by atoms with Gasteiger partial charge < -0.3 is 9.64 Å². The number of amides is 1. The molecule has 2 aromatic carbocycles. The van der Waals surface area contributed by atoms with Crippen molar-refractivity contribution < 1.29 is 22.7 Å². The Balaban J connectivity index is 1.55. The van der Waals surface area contributed by atoms with E-state index >= 15 is 0 Å². The van der Waals surface area contributed by atoms with Crippen LogP contribution in [0.4, 0.5) is 13.2 Å². The van der Waals surface area contributed by atoms with Crippen LogP contribution in [-0.2, 0) is 6.54 Å². The lowest BCUT2D eigenvalue weighted by molar-refractivity contribution is -0.153. The lowest BCUT2D eigenvalue weighted by atomic mass is 10.1. The van der Waals surface area contributed by atoms with E-state index in [0.29, 0.717) is 48.3 Å². The summed E-state index contributed by atoms with van der Waals surface area (Å²) in [7, 11) is 0. The number of nitrogens with zero attached hydrogens (tertiary/aromatic N) is 2. The molecule has 2 aromatic rings. The van der Waals surface area contributed by atoms with Crippen molar-refractivity contribution in [1.29, 1.82) is 0 Å². The minimum atomic E-state index is -4.43. The molecule has 0 saturated carbocycles.